The van der Waals surface area contributed by atoms with Gasteiger partial charge in [0.25, 0.3) is 0 Å². The Bertz CT molecular complexity index is 4540. The van der Waals surface area contributed by atoms with Crippen LogP contribution in [0.2, 0.25) is 0 Å². The molecular weight excluding hydrogens is 1840 g/mol. The molecule has 1 aromatic carbocycles. The number of aromatic nitrogens is 1. The third-order valence-corrected chi connectivity index (χ3v) is 23.7. The number of aromatic amines is 1. The number of likely N-dealkylation sites (tertiary alicyclic amines) is 1. The Labute approximate surface area is 819 Å². The minimum Gasteiger partial charge on any atom is -0.480 e. The fraction of sp³-hybridized carbons (Fsp3) is 0.678. The van der Waals surface area contributed by atoms with E-state index in [4.69, 9.17) is 51.0 Å². The first-order valence-corrected chi connectivity index (χ1v) is 47.9. The van der Waals surface area contributed by atoms with E-state index in [1.165, 1.54) is 25.7 Å². The van der Waals surface area contributed by atoms with Gasteiger partial charge in [-0.1, -0.05) is 86.4 Å². The van der Waals surface area contributed by atoms with Crippen LogP contribution in [0.15, 0.2) is 30.5 Å². The van der Waals surface area contributed by atoms with E-state index in [9.17, 15) is 97.1 Å². The highest BCUT2D eigenvalue weighted by molar-refractivity contribution is 6.02. The number of guanidine groups is 2. The standard InChI is InChI=1S/C90H154N28O23/c1-12-47(7)70(85(137)110-56(26-17-19-35-92)75(127)108-57(27-20-36-100-89(96)97)76(128)106-55(25-16-18-34-91)74(126)107-58(28-21-37-101-90(98)99)77(129)109-59(30-32-66(93)122)78(130)111-60(88(140)141)31-33-67(94)123)116-80(132)62(41-52-42-102-54-24-15-14-23-53(52)54)113-81(133)64(44-119)114-86(138)71(48(8)13-2)115-79(131)61(39-45(3)4)112-73(125)49(9)104-82(134)65-29-22-38-118(65)87(139)63(40-46(5)6)105-68(124)43-103-84(136)72(51(11)121)117-83(135)69(95)50(10)120/h14-15,23-24,42,45-51,55-65,69-72,102,119-121H,12-13,16-22,25-41,43-44,91-92,95H2,1-11H3,(H2,93,122)(H2,94,123)(H,103,136)(H,104,134)(H,105,124)(H,106,128)(H,107,126)(H,108,127)(H,109,129)(H,110,137)(H,111,130)(H,112,125)(H,113,133)(H,114,138)(H,115,131)(H,116,132)(H,117,135)(H,140,141)(H4,96,97,100)(H4,98,99,101)/t47-,48-,49-,50+,51+,55-,56-,57-,58-,59-,60-,61-,62-,63-,64-,65-,69-,70-,71-,72-/m0/s1. The zero-order chi connectivity index (χ0) is 106. The number of rotatable bonds is 67. The van der Waals surface area contributed by atoms with Crippen molar-refractivity contribution in [2.75, 3.05) is 45.9 Å². The van der Waals surface area contributed by atoms with Gasteiger partial charge in [0.15, 0.2) is 11.9 Å². The average Bonchev–Trinajstić information content (AvgIpc) is 1.69. The number of primary amides is 2. The van der Waals surface area contributed by atoms with Crippen LogP contribution in [0, 0.1) is 34.5 Å². The molecule has 2 heterocycles. The Morgan fingerprint density at radius 3 is 1.29 bits per heavy atom. The van der Waals surface area contributed by atoms with Crippen LogP contribution in [0.5, 0.6) is 0 Å². The molecule has 3 rings (SSSR count). The minimum atomic E-state index is -1.85. The van der Waals surface area contributed by atoms with E-state index in [1.807, 2.05) is 0 Å². The Morgan fingerprint density at radius 2 is 0.851 bits per heavy atom. The third-order valence-electron chi connectivity index (χ3n) is 23.7. The van der Waals surface area contributed by atoms with Crippen molar-refractivity contribution >= 4 is 135 Å². The van der Waals surface area contributed by atoms with Crippen molar-refractivity contribution in [1.82, 2.24) is 100 Å². The van der Waals surface area contributed by atoms with Gasteiger partial charge in [-0.15, -0.1) is 0 Å². The predicted molar refractivity (Wildman–Crippen MR) is 517 cm³/mol. The number of nitrogens with two attached hydrogens (primary N) is 7. The second-order valence-corrected chi connectivity index (χ2v) is 36.4. The normalized spacial score (nSPS) is 16.4. The van der Waals surface area contributed by atoms with E-state index >= 15 is 14.4 Å². The van der Waals surface area contributed by atoms with Gasteiger partial charge in [0, 0.05) is 56.0 Å². The van der Waals surface area contributed by atoms with Gasteiger partial charge in [-0.2, -0.15) is 0 Å². The van der Waals surface area contributed by atoms with E-state index in [1.54, 1.807) is 85.9 Å². The molecule has 0 aliphatic carbocycles. The van der Waals surface area contributed by atoms with Crippen LogP contribution in [-0.2, 0) is 97.5 Å². The number of nitrogens with one attached hydrogen (secondary N) is 20. The first kappa shape index (κ1) is 122. The lowest BCUT2D eigenvalue weighted by atomic mass is 9.96. The molecule has 0 bridgehead atoms. The first-order chi connectivity index (χ1) is 66.4. The smallest absolute Gasteiger partial charge is 0.326 e. The molecule has 51 heteroatoms. The van der Waals surface area contributed by atoms with Crippen LogP contribution in [0.1, 0.15) is 210 Å². The maximum Gasteiger partial charge on any atom is 0.326 e. The van der Waals surface area contributed by atoms with Gasteiger partial charge in [0.2, 0.25) is 106 Å². The van der Waals surface area contributed by atoms with E-state index < -0.39 is 284 Å². The summed E-state index contributed by atoms with van der Waals surface area (Å²) in [5.41, 5.74) is 40.3. The number of benzene rings is 1. The molecule has 20 atom stereocenters. The molecule has 0 saturated carbocycles. The van der Waals surface area contributed by atoms with Crippen molar-refractivity contribution in [3.63, 3.8) is 0 Å². The zero-order valence-electron chi connectivity index (χ0n) is 82.4. The second-order valence-electron chi connectivity index (χ2n) is 36.4. The van der Waals surface area contributed by atoms with Gasteiger partial charge in [0.05, 0.1) is 25.4 Å². The van der Waals surface area contributed by atoms with Crippen LogP contribution in [0.4, 0.5) is 0 Å². The van der Waals surface area contributed by atoms with Crippen molar-refractivity contribution in [1.29, 1.82) is 10.8 Å². The molecule has 1 fully saturated rings. The summed E-state index contributed by atoms with van der Waals surface area (Å²) in [6.45, 7) is 16.0. The van der Waals surface area contributed by atoms with Crippen molar-refractivity contribution in [3.8, 4) is 0 Å². The number of carboxylic acids is 1. The summed E-state index contributed by atoms with van der Waals surface area (Å²) in [6.07, 6.45) is -2.13. The lowest BCUT2D eigenvalue weighted by Gasteiger charge is -2.31. The maximum atomic E-state index is 15.3. The quantitative estimate of drug-likeness (QED) is 0.0166. The number of aliphatic hydroxyl groups is 3. The molecule has 1 saturated heterocycles. The van der Waals surface area contributed by atoms with Crippen molar-refractivity contribution in [3.05, 3.63) is 36.0 Å². The number of hydrogen-bond donors (Lipinski definition) is 31. The van der Waals surface area contributed by atoms with Crippen molar-refractivity contribution < 1.29 is 112 Å². The minimum absolute atomic E-state index is 0.0107. The summed E-state index contributed by atoms with van der Waals surface area (Å²) in [7, 11) is 0. The van der Waals surface area contributed by atoms with Crippen molar-refractivity contribution in [2.24, 2.45) is 63.8 Å². The number of carbonyl (C=O) groups is 19. The number of nitrogens with zero attached hydrogens (tertiary/aromatic N) is 1. The number of carboxylic acid groups (broad SMARTS) is 1. The zero-order valence-corrected chi connectivity index (χ0v) is 82.4. The number of aliphatic hydroxyl groups excluding tert-OH is 3. The summed E-state index contributed by atoms with van der Waals surface area (Å²) in [4.78, 5) is 269. The lowest BCUT2D eigenvalue weighted by Crippen LogP contribution is -2.62. The predicted octanol–water partition coefficient (Wildman–Crippen LogP) is -7.71. The van der Waals surface area contributed by atoms with Gasteiger partial charge in [-0.05, 0) is 172 Å². The van der Waals surface area contributed by atoms with Crippen LogP contribution in [0.3, 0.4) is 0 Å². The van der Waals surface area contributed by atoms with Crippen molar-refractivity contribution in [2.45, 2.75) is 320 Å². The molecule has 1 aliphatic heterocycles. The molecule has 0 radical (unpaired) electrons. The second kappa shape index (κ2) is 62.9. The molecule has 0 unspecified atom stereocenters. The number of aliphatic carboxylic acids is 1. The molecule has 1 aromatic heterocycles. The lowest BCUT2D eigenvalue weighted by molar-refractivity contribution is -0.143. The van der Waals surface area contributed by atoms with Crippen LogP contribution in [0.25, 0.3) is 10.9 Å². The number of carbonyl (C=O) groups excluding carboxylic acids is 18. The SMILES string of the molecule is CC[C@H](C)[C@H](NC(=O)[C@H](CC(C)C)NC(=O)[C@H](C)NC(=O)[C@@H]1CCCN1C(=O)[C@H](CC(C)C)NC(=O)CNC(=O)[C@@H](NC(=O)[C@@H](N)[C@@H](C)O)[C@@H](C)O)C(=O)N[C@@H](CO)C(=O)N[C@@H](Cc1c[nH]c2ccccc12)C(=O)N[C@H](C(=O)N[C@@H](CCCCN)C(=O)N[C@@H](CCCNC(=N)N)C(=O)N[C@@H](CCCCN)C(=O)N[C@@H](CCCNC(=N)N)C(=O)N[C@@H](CCC(N)=O)C(=O)N[C@@H](CCC(N)=O)C(=O)O)[C@@H](C)CC. The summed E-state index contributed by atoms with van der Waals surface area (Å²) in [5.74, 6) is -21.2. The molecule has 2 aromatic rings. The fourth-order valence-electron chi connectivity index (χ4n) is 15.2. The van der Waals surface area contributed by atoms with E-state index in [0.717, 1.165) is 0 Å². The van der Waals surface area contributed by atoms with Crippen LogP contribution < -0.4 is 131 Å². The highest BCUT2D eigenvalue weighted by Gasteiger charge is 2.43. The van der Waals surface area contributed by atoms with Gasteiger partial charge in [0.1, 0.15) is 96.7 Å². The highest BCUT2D eigenvalue weighted by Crippen LogP contribution is 2.24. The number of hydrogen-bond acceptors (Lipinski definition) is 27. The largest absolute Gasteiger partial charge is 0.480 e. The van der Waals surface area contributed by atoms with Gasteiger partial charge < -0.3 is 161 Å². The average molecular weight is 2000 g/mol. The van der Waals surface area contributed by atoms with E-state index in [2.05, 4.69) is 95.4 Å². The van der Waals surface area contributed by atoms with Crippen LogP contribution in [-0.4, -0.2) is 309 Å². The molecule has 18 amide bonds. The number of amides is 18. The Morgan fingerprint density at radius 1 is 0.447 bits per heavy atom. The third kappa shape index (κ3) is 43.3. The maximum absolute atomic E-state index is 15.3. The molecule has 51 nitrogen and oxygen atoms in total. The molecule has 141 heavy (non-hydrogen) atoms. The Balaban J connectivity index is 2.00. The molecule has 38 N–H and O–H groups in total. The summed E-state index contributed by atoms with van der Waals surface area (Å²) in [6, 6.07) is -17.2. The van der Waals surface area contributed by atoms with Gasteiger partial charge in [-0.25, -0.2) is 4.79 Å². The Hall–Kier alpha value is -13.0. The monoisotopic (exact) mass is 2000 g/mol. The van der Waals surface area contributed by atoms with Gasteiger partial charge in [-0.3, -0.25) is 97.1 Å². The number of unbranched alkanes of at least 4 members (excludes halogenated alkanes) is 2. The molecule has 1 aliphatic rings. The summed E-state index contributed by atoms with van der Waals surface area (Å²) >= 11 is 0. The fourth-order valence-corrected chi connectivity index (χ4v) is 15.2. The van der Waals surface area contributed by atoms with Crippen LogP contribution >= 0.6 is 0 Å². The summed E-state index contributed by atoms with van der Waals surface area (Å²) in [5, 5.41) is 100. The van der Waals surface area contributed by atoms with E-state index in [-0.39, 0.29) is 134 Å². The topological polar surface area (TPSA) is 859 Å². The number of para-hydroxylation sites is 1. The Kier molecular flexibility index (Phi) is 54.5. The number of fused-ring (bicyclic) bond motifs is 1. The highest BCUT2D eigenvalue weighted by atomic mass is 16.4. The van der Waals surface area contributed by atoms with Gasteiger partial charge >= 0.3 is 5.97 Å². The molecular formula is C90H154N28O23. The summed E-state index contributed by atoms with van der Waals surface area (Å²) < 4.78 is 0. The van der Waals surface area contributed by atoms with E-state index in [0.29, 0.717) is 35.7 Å². The number of H-pyrrole nitrogens is 1. The molecule has 0 spiro atoms. The first-order valence-electron chi connectivity index (χ1n) is 47.9. The molecule has 792 valence electrons.